The molecule has 1 atom stereocenters. The number of ether oxygens (including phenoxy) is 3. The van der Waals surface area contributed by atoms with Gasteiger partial charge in [0.05, 0.1) is 0 Å². The van der Waals surface area contributed by atoms with Crippen molar-refractivity contribution >= 4 is 17.9 Å². The highest BCUT2D eigenvalue weighted by Gasteiger charge is 2.19. The van der Waals surface area contributed by atoms with Gasteiger partial charge in [0.1, 0.15) is 13.2 Å². The van der Waals surface area contributed by atoms with Crippen molar-refractivity contribution in [2.75, 3.05) is 13.2 Å². The van der Waals surface area contributed by atoms with Crippen molar-refractivity contribution in [3.63, 3.8) is 0 Å². The van der Waals surface area contributed by atoms with E-state index >= 15 is 0 Å². The van der Waals surface area contributed by atoms with Crippen LogP contribution >= 0.6 is 0 Å². The van der Waals surface area contributed by atoms with Crippen molar-refractivity contribution in [1.82, 2.24) is 0 Å². The van der Waals surface area contributed by atoms with Crippen molar-refractivity contribution in [1.29, 1.82) is 0 Å². The van der Waals surface area contributed by atoms with Gasteiger partial charge in [-0.25, -0.2) is 0 Å². The van der Waals surface area contributed by atoms with Crippen LogP contribution in [0.15, 0.2) is 36.5 Å². The number of unbranched alkanes of at least 4 members (excludes halogenated alkanes) is 49. The predicted molar refractivity (Wildman–Crippen MR) is 344 cm³/mol. The Hall–Kier alpha value is -2.37. The maximum Gasteiger partial charge on any atom is 0.306 e. The Morgan fingerprint density at radius 3 is 0.785 bits per heavy atom. The lowest BCUT2D eigenvalue weighted by Gasteiger charge is -2.18. The second-order valence-electron chi connectivity index (χ2n) is 24.1. The number of carbonyl (C=O) groups excluding carboxylic acids is 3. The molecule has 0 aromatic heterocycles. The summed E-state index contributed by atoms with van der Waals surface area (Å²) in [5, 5.41) is 0. The SMILES string of the molecule is CCC/C=C\CCCCCCCC(=O)OCC(COC(=O)CCCCCCCCCCCCCCCCCCCCCCCCCCCCCCCCCCCC)OC(=O)CCCCCCCCC/C=C\C/C=C\CCCCC. The molecule has 0 aliphatic rings. The van der Waals surface area contributed by atoms with Gasteiger partial charge in [0.15, 0.2) is 6.10 Å². The van der Waals surface area contributed by atoms with E-state index in [1.807, 2.05) is 0 Å². The molecule has 0 amide bonds. The Balaban J connectivity index is 4.01. The first-order valence-corrected chi connectivity index (χ1v) is 35.5. The zero-order valence-electron chi connectivity index (χ0n) is 53.4. The Kier molecular flexibility index (Phi) is 66.1. The van der Waals surface area contributed by atoms with Gasteiger partial charge in [-0.1, -0.05) is 340 Å². The van der Waals surface area contributed by atoms with E-state index in [1.165, 1.54) is 270 Å². The molecule has 0 saturated heterocycles. The minimum Gasteiger partial charge on any atom is -0.462 e. The molecule has 6 heteroatoms. The standard InChI is InChI=1S/C73H136O6/c1-4-7-10-13-16-19-22-24-26-28-29-30-31-32-33-34-35-36-37-38-39-40-41-42-43-44-46-47-49-51-54-57-60-63-66-72(75)78-69-70(68-77-71(74)65-62-59-56-53-21-18-15-12-9-6-3)79-73(76)67-64-61-58-55-52-50-48-45-27-25-23-20-17-14-11-8-5-2/h12,15,17,20,25,27,70H,4-11,13-14,16,18-19,21-24,26,28-69H2,1-3H3/b15-12-,20-17-,27-25-. The van der Waals surface area contributed by atoms with Gasteiger partial charge in [0.25, 0.3) is 0 Å². The maximum atomic E-state index is 12.9. The second kappa shape index (κ2) is 68.1. The molecule has 0 rings (SSSR count). The largest absolute Gasteiger partial charge is 0.462 e. The van der Waals surface area contributed by atoms with Gasteiger partial charge >= 0.3 is 17.9 Å². The van der Waals surface area contributed by atoms with E-state index in [0.717, 1.165) is 83.5 Å². The molecule has 0 fully saturated rings. The normalized spacial score (nSPS) is 12.2. The molecule has 0 aromatic carbocycles. The van der Waals surface area contributed by atoms with Gasteiger partial charge in [-0.2, -0.15) is 0 Å². The van der Waals surface area contributed by atoms with E-state index in [4.69, 9.17) is 14.2 Å². The van der Waals surface area contributed by atoms with Crippen molar-refractivity contribution in [2.45, 2.75) is 399 Å². The molecule has 0 N–H and O–H groups in total. The molecule has 0 bridgehead atoms. The van der Waals surface area contributed by atoms with Crippen LogP contribution in [0.25, 0.3) is 0 Å². The van der Waals surface area contributed by atoms with Crippen molar-refractivity contribution in [2.24, 2.45) is 0 Å². The third kappa shape index (κ3) is 66.3. The van der Waals surface area contributed by atoms with Crippen LogP contribution in [0.3, 0.4) is 0 Å². The molecular formula is C73H136O6. The van der Waals surface area contributed by atoms with Crippen LogP contribution in [0.2, 0.25) is 0 Å². The van der Waals surface area contributed by atoms with E-state index < -0.39 is 6.10 Å². The highest BCUT2D eigenvalue weighted by molar-refractivity contribution is 5.71. The minimum absolute atomic E-state index is 0.0742. The van der Waals surface area contributed by atoms with E-state index in [2.05, 4.69) is 57.2 Å². The van der Waals surface area contributed by atoms with Gasteiger partial charge in [-0.05, 0) is 70.6 Å². The molecule has 0 heterocycles. The number of rotatable bonds is 66. The molecule has 0 spiro atoms. The first kappa shape index (κ1) is 76.6. The average molecular weight is 1110 g/mol. The zero-order chi connectivity index (χ0) is 57.1. The van der Waals surface area contributed by atoms with Crippen LogP contribution in [0.4, 0.5) is 0 Å². The summed E-state index contributed by atoms with van der Waals surface area (Å²) in [5.74, 6) is -0.871. The number of hydrogen-bond donors (Lipinski definition) is 0. The van der Waals surface area contributed by atoms with E-state index in [0.29, 0.717) is 19.3 Å². The van der Waals surface area contributed by atoms with Crippen LogP contribution in [-0.4, -0.2) is 37.2 Å². The van der Waals surface area contributed by atoms with Crippen LogP contribution in [0.1, 0.15) is 393 Å². The lowest BCUT2D eigenvalue weighted by Crippen LogP contribution is -2.30. The minimum atomic E-state index is -0.778. The summed E-state index contributed by atoms with van der Waals surface area (Å²) in [6.07, 6.45) is 85.0. The lowest BCUT2D eigenvalue weighted by atomic mass is 10.0. The third-order valence-electron chi connectivity index (χ3n) is 16.1. The molecule has 0 radical (unpaired) electrons. The second-order valence-corrected chi connectivity index (χ2v) is 24.1. The molecule has 6 nitrogen and oxygen atoms in total. The monoisotopic (exact) mass is 1110 g/mol. The molecule has 464 valence electrons. The molecule has 1 unspecified atom stereocenters. The van der Waals surface area contributed by atoms with E-state index in [9.17, 15) is 14.4 Å². The fourth-order valence-electron chi connectivity index (χ4n) is 10.8. The van der Waals surface area contributed by atoms with Gasteiger partial charge in [-0.15, -0.1) is 0 Å². The zero-order valence-corrected chi connectivity index (χ0v) is 53.4. The van der Waals surface area contributed by atoms with Crippen LogP contribution in [0.5, 0.6) is 0 Å². The molecule has 0 aliphatic heterocycles. The summed E-state index contributed by atoms with van der Waals surface area (Å²) < 4.78 is 16.9. The number of allylic oxidation sites excluding steroid dienone is 6. The summed E-state index contributed by atoms with van der Waals surface area (Å²) in [4.78, 5) is 38.2. The highest BCUT2D eigenvalue weighted by atomic mass is 16.6. The first-order valence-electron chi connectivity index (χ1n) is 35.5. The highest BCUT2D eigenvalue weighted by Crippen LogP contribution is 2.19. The Morgan fingerprint density at radius 1 is 0.253 bits per heavy atom. The summed E-state index contributed by atoms with van der Waals surface area (Å²) >= 11 is 0. The topological polar surface area (TPSA) is 78.9 Å². The fourth-order valence-corrected chi connectivity index (χ4v) is 10.8. The van der Waals surface area contributed by atoms with Crippen molar-refractivity contribution < 1.29 is 28.6 Å². The molecule has 0 aliphatic carbocycles. The van der Waals surface area contributed by atoms with Gasteiger partial charge < -0.3 is 14.2 Å². The lowest BCUT2D eigenvalue weighted by molar-refractivity contribution is -0.167. The van der Waals surface area contributed by atoms with Crippen molar-refractivity contribution in [3.8, 4) is 0 Å². The number of hydrogen-bond acceptors (Lipinski definition) is 6. The van der Waals surface area contributed by atoms with Gasteiger partial charge in [0.2, 0.25) is 0 Å². The Labute approximate surface area is 493 Å². The smallest absolute Gasteiger partial charge is 0.306 e. The van der Waals surface area contributed by atoms with Gasteiger partial charge in [0, 0.05) is 19.3 Å². The summed E-state index contributed by atoms with van der Waals surface area (Å²) in [5.41, 5.74) is 0. The summed E-state index contributed by atoms with van der Waals surface area (Å²) in [7, 11) is 0. The quantitative estimate of drug-likeness (QED) is 0.0261. The average Bonchev–Trinajstić information content (AvgIpc) is 3.45. The third-order valence-corrected chi connectivity index (χ3v) is 16.1. The number of carbonyl (C=O) groups is 3. The van der Waals surface area contributed by atoms with Crippen LogP contribution in [-0.2, 0) is 28.6 Å². The van der Waals surface area contributed by atoms with Gasteiger partial charge in [-0.3, -0.25) is 14.4 Å². The first-order chi connectivity index (χ1) is 39.0. The fraction of sp³-hybridized carbons (Fsp3) is 0.877. The summed E-state index contributed by atoms with van der Waals surface area (Å²) in [6, 6.07) is 0. The molecule has 0 aromatic rings. The summed E-state index contributed by atoms with van der Waals surface area (Å²) in [6.45, 7) is 6.60. The maximum absolute atomic E-state index is 12.9. The van der Waals surface area contributed by atoms with E-state index in [1.54, 1.807) is 0 Å². The van der Waals surface area contributed by atoms with Crippen LogP contribution < -0.4 is 0 Å². The Bertz CT molecular complexity index is 1320. The molecular weight excluding hydrogens is 973 g/mol. The van der Waals surface area contributed by atoms with Crippen molar-refractivity contribution in [3.05, 3.63) is 36.5 Å². The number of esters is 3. The van der Waals surface area contributed by atoms with E-state index in [-0.39, 0.29) is 31.1 Å². The molecule has 79 heavy (non-hydrogen) atoms. The molecule has 0 saturated carbocycles. The predicted octanol–water partition coefficient (Wildman–Crippen LogP) is 24.3. The Morgan fingerprint density at radius 2 is 0.481 bits per heavy atom. The van der Waals surface area contributed by atoms with Crippen LogP contribution in [0, 0.1) is 0 Å².